The van der Waals surface area contributed by atoms with Gasteiger partial charge in [0.1, 0.15) is 5.69 Å². The molecule has 2 heterocycles. The first kappa shape index (κ1) is 13.3. The lowest BCUT2D eigenvalue weighted by Gasteiger charge is -2.05. The molecule has 0 aliphatic rings. The largest absolute Gasteiger partial charge is 0.478 e. The molecule has 0 atom stereocenters. The van der Waals surface area contributed by atoms with Crippen LogP contribution in [0.5, 0.6) is 0 Å². The number of fused-ring (bicyclic) bond motifs is 1. The average Bonchev–Trinajstić information content (AvgIpc) is 2.83. The number of carbonyl (C=O) groups is 1. The number of hydrogen-bond acceptors (Lipinski definition) is 3. The highest BCUT2D eigenvalue weighted by atomic mass is 79.9. The third kappa shape index (κ3) is 2.36. The number of carboxylic acid groups (broad SMARTS) is 1. The van der Waals surface area contributed by atoms with Crippen molar-refractivity contribution in [2.75, 3.05) is 0 Å². The van der Waals surface area contributed by atoms with Gasteiger partial charge in [0.15, 0.2) is 10.4 Å². The molecule has 1 aromatic carbocycles. The first-order valence-electron chi connectivity index (χ1n) is 5.64. The lowest BCUT2D eigenvalue weighted by Crippen LogP contribution is -2.00. The number of carboxylic acids is 1. The van der Waals surface area contributed by atoms with Crippen molar-refractivity contribution in [2.24, 2.45) is 0 Å². The van der Waals surface area contributed by atoms with Gasteiger partial charge in [0.25, 0.3) is 0 Å². The SMILES string of the molecule is O=C(O)c1cc(-c2ccc(Br)o2)nc2cc(Br)ccc12. The predicted octanol–water partition coefficient (Wildman–Crippen LogP) is 4.72. The van der Waals surface area contributed by atoms with Crippen LogP contribution in [0.1, 0.15) is 10.4 Å². The molecular weight excluding hydrogens is 390 g/mol. The van der Waals surface area contributed by atoms with Crippen molar-refractivity contribution in [3.05, 3.63) is 51.1 Å². The molecule has 0 spiro atoms. The predicted molar refractivity (Wildman–Crippen MR) is 81.8 cm³/mol. The minimum Gasteiger partial charge on any atom is -0.478 e. The number of nitrogens with zero attached hydrogens (tertiary/aromatic N) is 1. The molecule has 6 heteroatoms. The Morgan fingerprint density at radius 2 is 1.95 bits per heavy atom. The van der Waals surface area contributed by atoms with E-state index in [1.54, 1.807) is 30.3 Å². The number of aromatic nitrogens is 1. The maximum Gasteiger partial charge on any atom is 0.336 e. The van der Waals surface area contributed by atoms with Crippen molar-refractivity contribution in [2.45, 2.75) is 0 Å². The summed E-state index contributed by atoms with van der Waals surface area (Å²) in [7, 11) is 0. The maximum absolute atomic E-state index is 11.4. The van der Waals surface area contributed by atoms with E-state index in [-0.39, 0.29) is 5.56 Å². The third-order valence-corrected chi connectivity index (χ3v) is 3.75. The summed E-state index contributed by atoms with van der Waals surface area (Å²) in [6.45, 7) is 0. The van der Waals surface area contributed by atoms with Crippen LogP contribution >= 0.6 is 31.9 Å². The molecule has 4 nitrogen and oxygen atoms in total. The minimum absolute atomic E-state index is 0.199. The van der Waals surface area contributed by atoms with Crippen molar-refractivity contribution in [1.29, 1.82) is 0 Å². The summed E-state index contributed by atoms with van der Waals surface area (Å²) in [5.41, 5.74) is 1.28. The Hall–Kier alpha value is -1.66. The molecule has 2 aromatic heterocycles. The molecule has 0 amide bonds. The van der Waals surface area contributed by atoms with Gasteiger partial charge in [-0.1, -0.05) is 22.0 Å². The summed E-state index contributed by atoms with van der Waals surface area (Å²) < 4.78 is 6.84. The Bertz CT molecular complexity index is 826. The van der Waals surface area contributed by atoms with E-state index in [2.05, 4.69) is 36.8 Å². The second-order valence-corrected chi connectivity index (χ2v) is 5.82. The molecule has 0 bridgehead atoms. The van der Waals surface area contributed by atoms with Gasteiger partial charge in [0.05, 0.1) is 11.1 Å². The number of hydrogen-bond donors (Lipinski definition) is 1. The van der Waals surface area contributed by atoms with Crippen molar-refractivity contribution >= 4 is 48.7 Å². The number of pyridine rings is 1. The standard InChI is InChI=1S/C14H7Br2NO3/c15-7-1-2-8-9(14(18)19)6-11(17-10(8)5-7)12-3-4-13(16)20-12/h1-6H,(H,18,19). The molecule has 0 fully saturated rings. The number of aromatic carboxylic acids is 1. The first-order chi connectivity index (χ1) is 9.54. The third-order valence-electron chi connectivity index (χ3n) is 2.83. The first-order valence-corrected chi connectivity index (χ1v) is 7.22. The van der Waals surface area contributed by atoms with E-state index >= 15 is 0 Å². The fourth-order valence-electron chi connectivity index (χ4n) is 1.96. The van der Waals surface area contributed by atoms with Crippen LogP contribution in [0.4, 0.5) is 0 Å². The fourth-order valence-corrected chi connectivity index (χ4v) is 2.61. The van der Waals surface area contributed by atoms with Crippen LogP contribution in [0.3, 0.4) is 0 Å². The second kappa shape index (κ2) is 5.03. The number of halogens is 2. The second-order valence-electron chi connectivity index (χ2n) is 4.13. The van der Waals surface area contributed by atoms with Crippen LogP contribution in [-0.2, 0) is 0 Å². The van der Waals surface area contributed by atoms with Crippen molar-refractivity contribution in [3.8, 4) is 11.5 Å². The highest BCUT2D eigenvalue weighted by Crippen LogP contribution is 2.29. The molecular formula is C14H7Br2NO3. The average molecular weight is 397 g/mol. The lowest BCUT2D eigenvalue weighted by molar-refractivity contribution is 0.0699. The molecule has 100 valence electrons. The summed E-state index contributed by atoms with van der Waals surface area (Å²) in [6, 6.07) is 10.3. The number of benzene rings is 1. The lowest BCUT2D eigenvalue weighted by atomic mass is 10.1. The molecule has 0 aliphatic heterocycles. The molecule has 0 saturated heterocycles. The Labute approximate surface area is 130 Å². The number of furan rings is 1. The molecule has 0 aliphatic carbocycles. The van der Waals surface area contributed by atoms with Gasteiger partial charge in [-0.3, -0.25) is 0 Å². The monoisotopic (exact) mass is 395 g/mol. The summed E-state index contributed by atoms with van der Waals surface area (Å²) in [6.07, 6.45) is 0. The minimum atomic E-state index is -0.994. The quantitative estimate of drug-likeness (QED) is 0.680. The Morgan fingerprint density at radius 3 is 2.60 bits per heavy atom. The topological polar surface area (TPSA) is 63.3 Å². The molecule has 0 radical (unpaired) electrons. The molecule has 0 unspecified atom stereocenters. The maximum atomic E-state index is 11.4. The zero-order chi connectivity index (χ0) is 14.3. The van der Waals surface area contributed by atoms with Gasteiger partial charge >= 0.3 is 5.97 Å². The van der Waals surface area contributed by atoms with Gasteiger partial charge in [0.2, 0.25) is 0 Å². The molecule has 3 rings (SSSR count). The van der Waals surface area contributed by atoms with E-state index in [0.717, 1.165) is 4.47 Å². The van der Waals surface area contributed by atoms with Crippen molar-refractivity contribution < 1.29 is 14.3 Å². The van der Waals surface area contributed by atoms with Gasteiger partial charge in [0, 0.05) is 9.86 Å². The zero-order valence-electron chi connectivity index (χ0n) is 9.93. The van der Waals surface area contributed by atoms with Crippen LogP contribution in [0.2, 0.25) is 0 Å². The van der Waals surface area contributed by atoms with E-state index in [4.69, 9.17) is 4.42 Å². The van der Waals surface area contributed by atoms with Crippen LogP contribution in [0, 0.1) is 0 Å². The van der Waals surface area contributed by atoms with Crippen molar-refractivity contribution in [1.82, 2.24) is 4.98 Å². The smallest absolute Gasteiger partial charge is 0.336 e. The van der Waals surface area contributed by atoms with Crippen LogP contribution in [-0.4, -0.2) is 16.1 Å². The Balaban J connectivity index is 2.32. The Kier molecular flexibility index (Phi) is 3.35. The van der Waals surface area contributed by atoms with Crippen LogP contribution in [0.15, 0.2) is 50.0 Å². The van der Waals surface area contributed by atoms with Gasteiger partial charge < -0.3 is 9.52 Å². The van der Waals surface area contributed by atoms with Gasteiger partial charge in [-0.25, -0.2) is 9.78 Å². The van der Waals surface area contributed by atoms with E-state index in [1.807, 2.05) is 0 Å². The summed E-state index contributed by atoms with van der Waals surface area (Å²) in [5, 5.41) is 9.94. The normalized spacial score (nSPS) is 10.9. The van der Waals surface area contributed by atoms with Gasteiger partial charge in [-0.15, -0.1) is 0 Å². The molecule has 20 heavy (non-hydrogen) atoms. The molecule has 0 saturated carbocycles. The van der Waals surface area contributed by atoms with Crippen LogP contribution in [0.25, 0.3) is 22.4 Å². The Morgan fingerprint density at radius 1 is 1.15 bits per heavy atom. The van der Waals surface area contributed by atoms with Crippen molar-refractivity contribution in [3.63, 3.8) is 0 Å². The summed E-state index contributed by atoms with van der Waals surface area (Å²) in [4.78, 5) is 15.9. The number of rotatable bonds is 2. The summed E-state index contributed by atoms with van der Waals surface area (Å²) in [5.74, 6) is -0.479. The highest BCUT2D eigenvalue weighted by molar-refractivity contribution is 9.10. The summed E-state index contributed by atoms with van der Waals surface area (Å²) >= 11 is 6.58. The zero-order valence-corrected chi connectivity index (χ0v) is 13.1. The molecule has 1 N–H and O–H groups in total. The van der Waals surface area contributed by atoms with E-state index < -0.39 is 5.97 Å². The van der Waals surface area contributed by atoms with Gasteiger partial charge in [-0.05, 0) is 46.3 Å². The van der Waals surface area contributed by atoms with Gasteiger partial charge in [-0.2, -0.15) is 0 Å². The van der Waals surface area contributed by atoms with E-state index in [1.165, 1.54) is 6.07 Å². The van der Waals surface area contributed by atoms with Crippen LogP contribution < -0.4 is 0 Å². The van der Waals surface area contributed by atoms with E-state index in [0.29, 0.717) is 27.0 Å². The fraction of sp³-hybridized carbons (Fsp3) is 0. The molecule has 3 aromatic rings. The van der Waals surface area contributed by atoms with E-state index in [9.17, 15) is 9.90 Å². The highest BCUT2D eigenvalue weighted by Gasteiger charge is 2.14.